The third kappa shape index (κ3) is 5.40. The molecule has 0 radical (unpaired) electrons. The van der Waals surface area contributed by atoms with Crippen molar-refractivity contribution < 1.29 is 22.8 Å². The fraction of sp³-hybridized carbons (Fsp3) is 0.393. The lowest BCUT2D eigenvalue weighted by Crippen LogP contribution is -2.44. The number of aromatic nitrogens is 4. The molecule has 6 rings (SSSR count). The smallest absolute Gasteiger partial charge is 0.343 e. The minimum Gasteiger partial charge on any atom is -0.343 e. The monoisotopic (exact) mass is 586 g/mol. The van der Waals surface area contributed by atoms with Crippen LogP contribution in [0.4, 0.5) is 13.2 Å². The molecule has 2 aliphatic rings. The number of nitrogens with zero attached hydrogens (tertiary/aromatic N) is 4. The predicted molar refractivity (Wildman–Crippen MR) is 145 cm³/mol. The highest BCUT2D eigenvalue weighted by molar-refractivity contribution is 6.35. The average molecular weight is 587 g/mol. The van der Waals surface area contributed by atoms with Gasteiger partial charge in [-0.2, -0.15) is 18.3 Å². The van der Waals surface area contributed by atoms with Crippen LogP contribution in [0.15, 0.2) is 41.5 Å². The van der Waals surface area contributed by atoms with Crippen molar-refractivity contribution in [2.75, 3.05) is 19.6 Å². The number of likely N-dealkylation sites (tertiary alicyclic amines) is 1. The lowest BCUT2D eigenvalue weighted by Gasteiger charge is -2.33. The van der Waals surface area contributed by atoms with Crippen LogP contribution in [-0.2, 0) is 22.6 Å². The molecule has 5 heterocycles. The maximum Gasteiger partial charge on any atom is 0.406 e. The number of carbonyl (C=O) groups is 2. The zero-order valence-corrected chi connectivity index (χ0v) is 22.6. The molecule has 41 heavy (non-hydrogen) atoms. The normalized spacial score (nSPS) is 18.6. The van der Waals surface area contributed by atoms with E-state index in [2.05, 4.69) is 20.2 Å². The van der Waals surface area contributed by atoms with E-state index in [1.165, 1.54) is 6.20 Å². The Morgan fingerprint density at radius 3 is 2.71 bits per heavy atom. The topological polar surface area (TPSA) is 115 Å². The number of halogens is 4. The van der Waals surface area contributed by atoms with Gasteiger partial charge in [0, 0.05) is 48.6 Å². The van der Waals surface area contributed by atoms with E-state index >= 15 is 0 Å². The number of aromatic amines is 2. The molecule has 13 heteroatoms. The second-order valence-corrected chi connectivity index (χ2v) is 11.1. The van der Waals surface area contributed by atoms with E-state index in [0.29, 0.717) is 64.2 Å². The summed E-state index contributed by atoms with van der Waals surface area (Å²) in [6.45, 7) is -0.926. The van der Waals surface area contributed by atoms with Crippen molar-refractivity contribution in [2.45, 2.75) is 44.3 Å². The number of rotatable bonds is 4. The van der Waals surface area contributed by atoms with Gasteiger partial charge in [-0.25, -0.2) is 4.98 Å². The minimum atomic E-state index is -4.60. The molecule has 1 atom stereocenters. The van der Waals surface area contributed by atoms with Crippen molar-refractivity contribution in [1.29, 1.82) is 0 Å². The molecule has 0 bridgehead atoms. The fourth-order valence-electron chi connectivity index (χ4n) is 6.08. The molecule has 0 spiro atoms. The van der Waals surface area contributed by atoms with E-state index in [4.69, 9.17) is 11.6 Å². The lowest BCUT2D eigenvalue weighted by atomic mass is 9.88. The van der Waals surface area contributed by atoms with E-state index in [9.17, 15) is 27.6 Å². The first-order valence-corrected chi connectivity index (χ1v) is 13.7. The van der Waals surface area contributed by atoms with Crippen LogP contribution in [0, 0.1) is 5.92 Å². The van der Waals surface area contributed by atoms with Gasteiger partial charge in [0.2, 0.25) is 11.8 Å². The standard InChI is InChI=1S/C28H26ClF3N6O3/c29-22-10-17-8-18(27(41)38(14-28(30,31)32)13-21(17)20-12-34-36-24(20)22)11-23(39)37-6-3-15(4-7-37)19-9-16-2-1-5-33-25(16)35-26(19)40/h1-2,5,9-10,12,15,18H,3-4,6-8,11,13-14H2,(H,34,36)(H,33,35,40). The number of pyridine rings is 2. The zero-order valence-electron chi connectivity index (χ0n) is 21.8. The third-order valence-corrected chi connectivity index (χ3v) is 8.39. The summed E-state index contributed by atoms with van der Waals surface area (Å²) in [5.41, 5.74) is 2.60. The highest BCUT2D eigenvalue weighted by atomic mass is 35.5. The van der Waals surface area contributed by atoms with Gasteiger partial charge >= 0.3 is 6.18 Å². The minimum absolute atomic E-state index is 0.0550. The molecule has 214 valence electrons. The Hall–Kier alpha value is -3.93. The molecule has 3 aromatic heterocycles. The Kier molecular flexibility index (Phi) is 6.96. The number of nitrogens with one attached hydrogen (secondary N) is 2. The van der Waals surface area contributed by atoms with Gasteiger partial charge in [0.05, 0.1) is 22.7 Å². The molecule has 2 amide bonds. The van der Waals surface area contributed by atoms with Gasteiger partial charge in [0.25, 0.3) is 5.56 Å². The third-order valence-electron chi connectivity index (χ3n) is 8.09. The van der Waals surface area contributed by atoms with E-state index in [-0.39, 0.29) is 36.8 Å². The summed E-state index contributed by atoms with van der Waals surface area (Å²) in [5, 5.41) is 8.46. The Morgan fingerprint density at radius 2 is 1.95 bits per heavy atom. The van der Waals surface area contributed by atoms with E-state index in [1.54, 1.807) is 23.2 Å². The quantitative estimate of drug-likeness (QED) is 0.370. The van der Waals surface area contributed by atoms with Crippen molar-refractivity contribution >= 4 is 45.4 Å². The first-order chi connectivity index (χ1) is 19.6. The van der Waals surface area contributed by atoms with Crippen molar-refractivity contribution in [3.05, 3.63) is 68.7 Å². The van der Waals surface area contributed by atoms with Crippen LogP contribution in [0.2, 0.25) is 5.02 Å². The van der Waals surface area contributed by atoms with Crippen LogP contribution >= 0.6 is 11.6 Å². The summed E-state index contributed by atoms with van der Waals surface area (Å²) in [6, 6.07) is 7.14. The molecule has 1 saturated heterocycles. The van der Waals surface area contributed by atoms with Gasteiger partial charge in [-0.3, -0.25) is 19.5 Å². The molecule has 9 nitrogen and oxygen atoms in total. The van der Waals surface area contributed by atoms with E-state index < -0.39 is 24.5 Å². The van der Waals surface area contributed by atoms with Gasteiger partial charge in [0.1, 0.15) is 12.2 Å². The molecule has 1 fully saturated rings. The molecular formula is C28H26ClF3N6O3. The maximum atomic E-state index is 13.5. The van der Waals surface area contributed by atoms with E-state index in [0.717, 1.165) is 10.3 Å². The summed E-state index contributed by atoms with van der Waals surface area (Å²) < 4.78 is 40.4. The van der Waals surface area contributed by atoms with Crippen LogP contribution in [0.3, 0.4) is 0 Å². The molecule has 1 unspecified atom stereocenters. The highest BCUT2D eigenvalue weighted by Crippen LogP contribution is 2.36. The van der Waals surface area contributed by atoms with Crippen molar-refractivity contribution in [1.82, 2.24) is 30.0 Å². The first-order valence-electron chi connectivity index (χ1n) is 13.3. The maximum absolute atomic E-state index is 13.5. The zero-order chi connectivity index (χ0) is 28.9. The average Bonchev–Trinajstić information content (AvgIpc) is 3.39. The number of piperidine rings is 1. The first kappa shape index (κ1) is 27.3. The summed E-state index contributed by atoms with van der Waals surface area (Å²) in [7, 11) is 0. The lowest BCUT2D eigenvalue weighted by molar-refractivity contribution is -0.165. The number of hydrogen-bond acceptors (Lipinski definition) is 5. The summed E-state index contributed by atoms with van der Waals surface area (Å²) in [4.78, 5) is 48.8. The molecule has 2 N–H and O–H groups in total. The summed E-state index contributed by atoms with van der Waals surface area (Å²) >= 11 is 6.40. The molecule has 0 saturated carbocycles. The summed E-state index contributed by atoms with van der Waals surface area (Å²) in [5.74, 6) is -2.05. The number of amides is 2. The Bertz CT molecular complexity index is 1710. The molecular weight excluding hydrogens is 561 g/mol. The van der Waals surface area contributed by atoms with Crippen LogP contribution < -0.4 is 5.56 Å². The second kappa shape index (κ2) is 10.5. The Morgan fingerprint density at radius 1 is 1.17 bits per heavy atom. The van der Waals surface area contributed by atoms with Gasteiger partial charge in [-0.1, -0.05) is 11.6 Å². The number of alkyl halides is 3. The molecule has 4 aromatic rings. The molecule has 2 aliphatic heterocycles. The van der Waals surface area contributed by atoms with Crippen molar-refractivity contribution in [3.63, 3.8) is 0 Å². The summed E-state index contributed by atoms with van der Waals surface area (Å²) in [6.07, 6.45) is -0.536. The van der Waals surface area contributed by atoms with Crippen molar-refractivity contribution in [2.24, 2.45) is 5.92 Å². The van der Waals surface area contributed by atoms with Crippen LogP contribution in [-0.4, -0.2) is 67.6 Å². The van der Waals surface area contributed by atoms with Gasteiger partial charge in [-0.15, -0.1) is 0 Å². The predicted octanol–water partition coefficient (Wildman–Crippen LogP) is 4.31. The number of benzene rings is 1. The van der Waals surface area contributed by atoms with Gasteiger partial charge in [0.15, 0.2) is 0 Å². The SMILES string of the molecule is O=C(CC1Cc2cc(Cl)c3[nH]ncc3c2CN(CC(F)(F)F)C1=O)N1CCC(c2cc3cccnc3[nH]c2=O)CC1. The molecule has 0 aliphatic carbocycles. The highest BCUT2D eigenvalue weighted by Gasteiger charge is 2.39. The van der Waals surface area contributed by atoms with Crippen LogP contribution in [0.25, 0.3) is 21.9 Å². The number of carbonyl (C=O) groups excluding carboxylic acids is 2. The van der Waals surface area contributed by atoms with Gasteiger partial charge in [-0.05, 0) is 60.6 Å². The number of hydrogen-bond donors (Lipinski definition) is 2. The number of fused-ring (bicyclic) bond motifs is 4. The Balaban J connectivity index is 1.20. The van der Waals surface area contributed by atoms with E-state index in [1.807, 2.05) is 12.1 Å². The van der Waals surface area contributed by atoms with Gasteiger partial charge < -0.3 is 14.8 Å². The van der Waals surface area contributed by atoms with Crippen molar-refractivity contribution in [3.8, 4) is 0 Å². The van der Waals surface area contributed by atoms with Crippen LogP contribution in [0.5, 0.6) is 0 Å². The van der Waals surface area contributed by atoms with Crippen LogP contribution in [0.1, 0.15) is 41.9 Å². The molecule has 1 aromatic carbocycles. The number of H-pyrrole nitrogens is 2. The fourth-order valence-corrected chi connectivity index (χ4v) is 6.35. The second-order valence-electron chi connectivity index (χ2n) is 10.7. The largest absolute Gasteiger partial charge is 0.406 e. The Labute approximate surface area is 236 Å².